The van der Waals surface area contributed by atoms with Crippen molar-refractivity contribution in [2.45, 2.75) is 62.5 Å². The summed E-state index contributed by atoms with van der Waals surface area (Å²) in [6, 6.07) is 5.98. The SMILES string of the molecule is Cc1c(-c2cnn(C3CCCCO3)c2)cnc(N2CCCC(F)(F)CC2)c1C(=O)Nc1cccc(S(C)(=O)=NC(=O)O)c1. The highest BCUT2D eigenvalue weighted by Crippen LogP contribution is 2.35. The van der Waals surface area contributed by atoms with Crippen LogP contribution in [0.15, 0.2) is 52.1 Å². The zero-order chi connectivity index (χ0) is 30.8. The van der Waals surface area contributed by atoms with E-state index in [1.165, 1.54) is 24.5 Å². The number of carbonyl (C=O) groups excluding carboxylic acids is 1. The highest BCUT2D eigenvalue weighted by atomic mass is 32.2. The van der Waals surface area contributed by atoms with Crippen LogP contribution in [0, 0.1) is 6.92 Å². The lowest BCUT2D eigenvalue weighted by Crippen LogP contribution is -2.30. The van der Waals surface area contributed by atoms with E-state index in [4.69, 9.17) is 9.84 Å². The Kier molecular flexibility index (Phi) is 8.79. The summed E-state index contributed by atoms with van der Waals surface area (Å²) in [6.07, 6.45) is 7.15. The zero-order valence-corrected chi connectivity index (χ0v) is 24.8. The second-order valence-corrected chi connectivity index (χ2v) is 13.1. The van der Waals surface area contributed by atoms with Crippen LogP contribution in [0.5, 0.6) is 0 Å². The maximum absolute atomic E-state index is 14.2. The molecule has 11 nitrogen and oxygen atoms in total. The third-order valence-corrected chi connectivity index (χ3v) is 9.34. The molecule has 43 heavy (non-hydrogen) atoms. The second-order valence-electron chi connectivity index (χ2n) is 10.9. The van der Waals surface area contributed by atoms with Crippen molar-refractivity contribution in [3.63, 3.8) is 0 Å². The van der Waals surface area contributed by atoms with Crippen molar-refractivity contribution in [2.75, 3.05) is 36.2 Å². The zero-order valence-electron chi connectivity index (χ0n) is 24.0. The van der Waals surface area contributed by atoms with Gasteiger partial charge in [0.05, 0.1) is 21.5 Å². The largest absolute Gasteiger partial charge is 0.463 e. The van der Waals surface area contributed by atoms with Gasteiger partial charge in [-0.25, -0.2) is 27.5 Å². The molecule has 2 amide bonds. The molecule has 2 aromatic heterocycles. The van der Waals surface area contributed by atoms with Gasteiger partial charge in [0.1, 0.15) is 12.0 Å². The maximum Gasteiger partial charge on any atom is 0.439 e. The minimum atomic E-state index is -3.27. The molecule has 2 saturated heterocycles. The van der Waals surface area contributed by atoms with Crippen LogP contribution in [-0.2, 0) is 14.5 Å². The molecule has 1 aromatic carbocycles. The fourth-order valence-electron chi connectivity index (χ4n) is 5.44. The summed E-state index contributed by atoms with van der Waals surface area (Å²) in [7, 11) is -3.27. The predicted molar refractivity (Wildman–Crippen MR) is 157 cm³/mol. The molecule has 2 atom stereocenters. The quantitative estimate of drug-likeness (QED) is 0.346. The molecule has 0 radical (unpaired) electrons. The Morgan fingerprint density at radius 2 is 2.00 bits per heavy atom. The number of pyridine rings is 1. The number of amides is 2. The number of benzene rings is 1. The first-order valence-electron chi connectivity index (χ1n) is 14.1. The Morgan fingerprint density at radius 3 is 2.74 bits per heavy atom. The van der Waals surface area contributed by atoms with Crippen LogP contribution in [0.2, 0.25) is 0 Å². The van der Waals surface area contributed by atoms with E-state index in [9.17, 15) is 22.6 Å². The molecule has 2 aliphatic heterocycles. The first-order chi connectivity index (χ1) is 20.4. The minimum absolute atomic E-state index is 0.0279. The van der Waals surface area contributed by atoms with Crippen molar-refractivity contribution < 1.29 is 32.4 Å². The summed E-state index contributed by atoms with van der Waals surface area (Å²) in [6.45, 7) is 2.77. The monoisotopic (exact) mass is 616 g/mol. The molecule has 4 heterocycles. The van der Waals surface area contributed by atoms with Gasteiger partial charge in [0.25, 0.3) is 5.91 Å². The van der Waals surface area contributed by atoms with E-state index < -0.39 is 27.7 Å². The molecular formula is C29H34F2N6O5S. The van der Waals surface area contributed by atoms with Gasteiger partial charge in [-0.1, -0.05) is 6.07 Å². The number of alkyl halides is 2. The number of aromatic nitrogens is 3. The molecule has 5 rings (SSSR count). The van der Waals surface area contributed by atoms with Crippen molar-refractivity contribution in [3.8, 4) is 11.1 Å². The van der Waals surface area contributed by atoms with Crippen LogP contribution in [0.4, 0.5) is 25.1 Å². The average molecular weight is 617 g/mol. The number of hydrogen-bond donors (Lipinski definition) is 2. The first-order valence-corrected chi connectivity index (χ1v) is 16.0. The van der Waals surface area contributed by atoms with E-state index in [2.05, 4.69) is 19.8 Å². The Bertz CT molecular complexity index is 1650. The molecule has 0 saturated carbocycles. The minimum Gasteiger partial charge on any atom is -0.463 e. The summed E-state index contributed by atoms with van der Waals surface area (Å²) in [5.74, 6) is -3.05. The molecule has 2 fully saturated rings. The van der Waals surface area contributed by atoms with Crippen LogP contribution < -0.4 is 10.2 Å². The Morgan fingerprint density at radius 1 is 1.19 bits per heavy atom. The Labute approximate surface area is 248 Å². The van der Waals surface area contributed by atoms with Crippen LogP contribution in [0.3, 0.4) is 0 Å². The number of hydrogen-bond acceptors (Lipinski definition) is 7. The van der Waals surface area contributed by atoms with Crippen molar-refractivity contribution in [1.29, 1.82) is 0 Å². The van der Waals surface area contributed by atoms with Crippen LogP contribution in [0.1, 0.15) is 60.7 Å². The molecule has 2 unspecified atom stereocenters. The molecule has 0 aliphatic carbocycles. The van der Waals surface area contributed by atoms with Gasteiger partial charge in [0.2, 0.25) is 5.92 Å². The molecule has 14 heteroatoms. The van der Waals surface area contributed by atoms with Crippen LogP contribution >= 0.6 is 0 Å². The van der Waals surface area contributed by atoms with E-state index in [0.29, 0.717) is 24.3 Å². The van der Waals surface area contributed by atoms with Gasteiger partial charge >= 0.3 is 6.09 Å². The van der Waals surface area contributed by atoms with Gasteiger partial charge in [0.15, 0.2) is 0 Å². The molecule has 0 bridgehead atoms. The molecular weight excluding hydrogens is 582 g/mol. The maximum atomic E-state index is 14.2. The molecule has 230 valence electrons. The number of anilines is 2. The van der Waals surface area contributed by atoms with Crippen molar-refractivity contribution >= 4 is 33.2 Å². The lowest BCUT2D eigenvalue weighted by molar-refractivity contribution is -0.0394. The second kappa shape index (κ2) is 12.4. The van der Waals surface area contributed by atoms with Gasteiger partial charge in [-0.15, -0.1) is 4.36 Å². The van der Waals surface area contributed by atoms with E-state index in [0.717, 1.165) is 24.8 Å². The number of carbonyl (C=O) groups is 2. The predicted octanol–water partition coefficient (Wildman–Crippen LogP) is 5.97. The topological polar surface area (TPSA) is 139 Å². The third-order valence-electron chi connectivity index (χ3n) is 7.71. The van der Waals surface area contributed by atoms with E-state index in [1.54, 1.807) is 35.0 Å². The number of halogens is 2. The number of nitrogens with one attached hydrogen (secondary N) is 1. The van der Waals surface area contributed by atoms with Crippen molar-refractivity contribution in [2.24, 2.45) is 4.36 Å². The van der Waals surface area contributed by atoms with Crippen LogP contribution in [0.25, 0.3) is 11.1 Å². The van der Waals surface area contributed by atoms with E-state index in [1.807, 2.05) is 6.20 Å². The summed E-state index contributed by atoms with van der Waals surface area (Å²) in [4.78, 5) is 31.5. The smallest absolute Gasteiger partial charge is 0.439 e. The van der Waals surface area contributed by atoms with E-state index >= 15 is 0 Å². The lowest BCUT2D eigenvalue weighted by atomic mass is 9.99. The molecule has 2 aliphatic rings. The van der Waals surface area contributed by atoms with Crippen molar-refractivity contribution in [3.05, 3.63) is 54.0 Å². The Balaban J connectivity index is 1.53. The van der Waals surface area contributed by atoms with E-state index in [-0.39, 0.29) is 54.0 Å². The fraction of sp³-hybridized carbons (Fsp3) is 0.448. The fourth-order valence-corrected chi connectivity index (χ4v) is 6.52. The average Bonchev–Trinajstić information content (AvgIpc) is 3.37. The first kappa shape index (κ1) is 30.5. The lowest BCUT2D eigenvalue weighted by Gasteiger charge is -2.26. The number of rotatable bonds is 6. The standard InChI is InChI=1S/C29H34F2N6O5S/c1-19-23(20-16-33-37(18-20)24-9-3-4-14-42-24)17-32-26(36-12-6-10-29(30,31)11-13-36)25(19)27(38)34-21-7-5-8-22(15-21)43(2,41)35-28(39)40/h5,7-8,15-18,24H,3-4,6,9-14H2,1-2H3,(H,34,38)(H,39,40). The highest BCUT2D eigenvalue weighted by molar-refractivity contribution is 7.93. The molecule has 0 spiro atoms. The van der Waals surface area contributed by atoms with Crippen LogP contribution in [-0.4, -0.2) is 68.0 Å². The van der Waals surface area contributed by atoms with Gasteiger partial charge in [-0.2, -0.15) is 5.10 Å². The summed E-state index contributed by atoms with van der Waals surface area (Å²) in [5, 5.41) is 16.3. The van der Waals surface area contributed by atoms with Crippen molar-refractivity contribution in [1.82, 2.24) is 14.8 Å². The third kappa shape index (κ3) is 7.02. The number of nitrogens with zero attached hydrogens (tertiary/aromatic N) is 5. The number of carboxylic acid groups (broad SMARTS) is 1. The summed E-state index contributed by atoms with van der Waals surface area (Å²) < 4.78 is 52.2. The molecule has 2 N–H and O–H groups in total. The normalized spacial score (nSPS) is 20.1. The summed E-state index contributed by atoms with van der Waals surface area (Å²) in [5.41, 5.74) is 2.44. The Hall–Kier alpha value is -3.91. The number of ether oxygens (including phenoxy) is 1. The van der Waals surface area contributed by atoms with Gasteiger partial charge in [-0.05, 0) is 56.4 Å². The highest BCUT2D eigenvalue weighted by Gasteiger charge is 2.34. The van der Waals surface area contributed by atoms with Gasteiger partial charge < -0.3 is 20.1 Å². The van der Waals surface area contributed by atoms with Gasteiger partial charge in [-0.3, -0.25) is 4.79 Å². The van der Waals surface area contributed by atoms with Gasteiger partial charge in [0, 0.05) is 72.9 Å². The molecule has 3 aromatic rings. The summed E-state index contributed by atoms with van der Waals surface area (Å²) >= 11 is 0.